The highest BCUT2D eigenvalue weighted by molar-refractivity contribution is 6.10. The first-order chi connectivity index (χ1) is 28.8. The Balaban J connectivity index is 0.921. The Kier molecular flexibility index (Phi) is 8.11. The average molecular weight is 744 g/mol. The van der Waals surface area contributed by atoms with E-state index in [4.69, 9.17) is 4.74 Å². The molecule has 2 heterocycles. The summed E-state index contributed by atoms with van der Waals surface area (Å²) in [4.78, 5) is 4.59. The minimum Gasteiger partial charge on any atom is -0.453 e. The van der Waals surface area contributed by atoms with Crippen molar-refractivity contribution in [3.8, 4) is 39.4 Å². The standard InChI is InChI=1S/C54H37N3O/c1-4-14-42(15-5-1)55(45-30-24-38(25-31-45)40-28-34-50-48(36-40)47-20-10-11-21-49(47)56(50)43-16-6-2-7-17-43)46-32-26-39(27-33-46)41-29-35-52-54(37-41)58-53-23-13-12-22-51(53)57(52)44-18-8-3-9-19-44/h1-37H. The summed E-state index contributed by atoms with van der Waals surface area (Å²) >= 11 is 0. The predicted molar refractivity (Wildman–Crippen MR) is 241 cm³/mol. The van der Waals surface area contributed by atoms with E-state index in [0.717, 1.165) is 62.4 Å². The van der Waals surface area contributed by atoms with Crippen molar-refractivity contribution >= 4 is 55.9 Å². The second-order valence-corrected chi connectivity index (χ2v) is 14.6. The molecule has 0 spiro atoms. The number of hydrogen-bond acceptors (Lipinski definition) is 3. The molecular weight excluding hydrogens is 707 g/mol. The maximum Gasteiger partial charge on any atom is 0.152 e. The molecule has 0 saturated carbocycles. The molecule has 0 atom stereocenters. The number of aromatic nitrogens is 1. The number of nitrogens with zero attached hydrogens (tertiary/aromatic N) is 3. The fraction of sp³-hybridized carbons (Fsp3) is 0. The number of para-hydroxylation sites is 6. The van der Waals surface area contributed by atoms with Gasteiger partial charge in [0.15, 0.2) is 11.5 Å². The number of rotatable bonds is 7. The third-order valence-corrected chi connectivity index (χ3v) is 11.2. The normalized spacial score (nSPS) is 11.9. The topological polar surface area (TPSA) is 20.6 Å². The maximum absolute atomic E-state index is 6.52. The number of anilines is 6. The predicted octanol–water partition coefficient (Wildman–Crippen LogP) is 15.2. The van der Waals surface area contributed by atoms with Gasteiger partial charge in [0.05, 0.1) is 22.4 Å². The molecule has 4 heteroatoms. The zero-order valence-electron chi connectivity index (χ0n) is 31.6. The van der Waals surface area contributed by atoms with Gasteiger partial charge in [-0.05, 0) is 125 Å². The second kappa shape index (κ2) is 14.0. The zero-order chi connectivity index (χ0) is 38.4. The molecular formula is C54H37N3O. The summed E-state index contributed by atoms with van der Waals surface area (Å²) in [5.74, 6) is 1.67. The summed E-state index contributed by atoms with van der Waals surface area (Å²) in [6, 6.07) is 79.6. The van der Waals surface area contributed by atoms with Crippen molar-refractivity contribution in [2.45, 2.75) is 0 Å². The molecule has 10 aromatic rings. The second-order valence-electron chi connectivity index (χ2n) is 14.6. The van der Waals surface area contributed by atoms with Gasteiger partial charge in [0.25, 0.3) is 0 Å². The summed E-state index contributed by atoms with van der Waals surface area (Å²) in [5, 5.41) is 2.50. The van der Waals surface area contributed by atoms with Gasteiger partial charge in [-0.15, -0.1) is 0 Å². The molecule has 1 aliphatic heterocycles. The molecule has 4 nitrogen and oxygen atoms in total. The Morgan fingerprint density at radius 2 is 0.828 bits per heavy atom. The van der Waals surface area contributed by atoms with Gasteiger partial charge >= 0.3 is 0 Å². The van der Waals surface area contributed by atoms with Crippen molar-refractivity contribution in [3.05, 3.63) is 224 Å². The van der Waals surface area contributed by atoms with Crippen LogP contribution in [-0.4, -0.2) is 4.57 Å². The molecule has 0 N–H and O–H groups in total. The summed E-state index contributed by atoms with van der Waals surface area (Å²) in [6.07, 6.45) is 0. The van der Waals surface area contributed by atoms with Crippen LogP contribution in [0.1, 0.15) is 0 Å². The van der Waals surface area contributed by atoms with Crippen LogP contribution in [0.15, 0.2) is 224 Å². The molecule has 0 aliphatic carbocycles. The first-order valence-corrected chi connectivity index (χ1v) is 19.7. The summed E-state index contributed by atoms with van der Waals surface area (Å²) in [5.41, 5.74) is 14.6. The Morgan fingerprint density at radius 3 is 1.53 bits per heavy atom. The van der Waals surface area contributed by atoms with Gasteiger partial charge in [0.1, 0.15) is 0 Å². The van der Waals surface area contributed by atoms with Crippen molar-refractivity contribution in [3.63, 3.8) is 0 Å². The highest BCUT2D eigenvalue weighted by Gasteiger charge is 2.26. The van der Waals surface area contributed by atoms with E-state index in [-0.39, 0.29) is 0 Å². The summed E-state index contributed by atoms with van der Waals surface area (Å²) in [7, 11) is 0. The summed E-state index contributed by atoms with van der Waals surface area (Å²) in [6.45, 7) is 0. The lowest BCUT2D eigenvalue weighted by molar-refractivity contribution is 0.477. The lowest BCUT2D eigenvalue weighted by atomic mass is 10.0. The molecule has 1 aromatic heterocycles. The van der Waals surface area contributed by atoms with Crippen molar-refractivity contribution in [1.82, 2.24) is 4.57 Å². The Bertz CT molecular complexity index is 3070. The van der Waals surface area contributed by atoms with E-state index in [9.17, 15) is 0 Å². The molecule has 274 valence electrons. The zero-order valence-corrected chi connectivity index (χ0v) is 31.6. The number of hydrogen-bond donors (Lipinski definition) is 0. The first-order valence-electron chi connectivity index (χ1n) is 19.7. The van der Waals surface area contributed by atoms with Gasteiger partial charge in [0, 0.05) is 39.2 Å². The van der Waals surface area contributed by atoms with Crippen LogP contribution in [0.5, 0.6) is 11.5 Å². The number of fused-ring (bicyclic) bond motifs is 5. The lowest BCUT2D eigenvalue weighted by Crippen LogP contribution is -2.15. The molecule has 0 amide bonds. The van der Waals surface area contributed by atoms with Gasteiger partial charge in [0.2, 0.25) is 0 Å². The van der Waals surface area contributed by atoms with Crippen molar-refractivity contribution in [2.24, 2.45) is 0 Å². The van der Waals surface area contributed by atoms with Gasteiger partial charge in [-0.25, -0.2) is 0 Å². The van der Waals surface area contributed by atoms with Crippen LogP contribution < -0.4 is 14.5 Å². The SMILES string of the molecule is c1ccc(N(c2ccc(-c3ccc4c(c3)Oc3ccccc3N4c3ccccc3)cc2)c2ccc(-c3ccc4c(c3)c3ccccc3n4-c3ccccc3)cc2)cc1. The smallest absolute Gasteiger partial charge is 0.152 e. The highest BCUT2D eigenvalue weighted by atomic mass is 16.5. The van der Waals surface area contributed by atoms with Crippen LogP contribution in [0.3, 0.4) is 0 Å². The summed E-state index contributed by atoms with van der Waals surface area (Å²) < 4.78 is 8.88. The van der Waals surface area contributed by atoms with Crippen molar-refractivity contribution in [1.29, 1.82) is 0 Å². The molecule has 9 aromatic carbocycles. The minimum atomic E-state index is 0.830. The molecule has 0 fully saturated rings. The van der Waals surface area contributed by atoms with Crippen molar-refractivity contribution < 1.29 is 4.74 Å². The van der Waals surface area contributed by atoms with Crippen LogP contribution in [0.4, 0.5) is 34.1 Å². The first kappa shape index (κ1) is 33.5. The fourth-order valence-corrected chi connectivity index (χ4v) is 8.43. The third-order valence-electron chi connectivity index (χ3n) is 11.2. The minimum absolute atomic E-state index is 0.830. The van der Waals surface area contributed by atoms with E-state index in [0.29, 0.717) is 0 Å². The molecule has 0 bridgehead atoms. The van der Waals surface area contributed by atoms with E-state index in [2.05, 4.69) is 221 Å². The van der Waals surface area contributed by atoms with E-state index >= 15 is 0 Å². The van der Waals surface area contributed by atoms with Crippen LogP contribution in [0.25, 0.3) is 49.7 Å². The largest absolute Gasteiger partial charge is 0.453 e. The Hall–Kier alpha value is -7.82. The highest BCUT2D eigenvalue weighted by Crippen LogP contribution is 2.51. The van der Waals surface area contributed by atoms with Crippen LogP contribution in [-0.2, 0) is 0 Å². The van der Waals surface area contributed by atoms with Crippen LogP contribution in [0, 0.1) is 0 Å². The van der Waals surface area contributed by atoms with Gasteiger partial charge in [-0.3, -0.25) is 0 Å². The maximum atomic E-state index is 6.52. The van der Waals surface area contributed by atoms with Crippen LogP contribution >= 0.6 is 0 Å². The van der Waals surface area contributed by atoms with Crippen molar-refractivity contribution in [2.75, 3.05) is 9.80 Å². The third kappa shape index (κ3) is 5.78. The van der Waals surface area contributed by atoms with E-state index in [1.807, 2.05) is 18.2 Å². The molecule has 11 rings (SSSR count). The van der Waals surface area contributed by atoms with Gasteiger partial charge < -0.3 is 19.1 Å². The fourth-order valence-electron chi connectivity index (χ4n) is 8.43. The van der Waals surface area contributed by atoms with Crippen LogP contribution in [0.2, 0.25) is 0 Å². The van der Waals surface area contributed by atoms with E-state index in [1.165, 1.54) is 32.9 Å². The Labute approximate surface area is 337 Å². The van der Waals surface area contributed by atoms with E-state index < -0.39 is 0 Å². The van der Waals surface area contributed by atoms with Gasteiger partial charge in [-0.2, -0.15) is 0 Å². The lowest BCUT2D eigenvalue weighted by Gasteiger charge is -2.33. The number of benzene rings is 9. The molecule has 0 saturated heterocycles. The Morgan fingerprint density at radius 1 is 0.328 bits per heavy atom. The average Bonchev–Trinajstić information content (AvgIpc) is 3.63. The molecule has 0 unspecified atom stereocenters. The molecule has 0 radical (unpaired) electrons. The molecule has 58 heavy (non-hydrogen) atoms. The quantitative estimate of drug-likeness (QED) is 0.162. The monoisotopic (exact) mass is 743 g/mol. The molecule has 1 aliphatic rings. The van der Waals surface area contributed by atoms with Gasteiger partial charge in [-0.1, -0.05) is 121 Å². The van der Waals surface area contributed by atoms with E-state index in [1.54, 1.807) is 0 Å². The number of ether oxygens (including phenoxy) is 1.